The lowest BCUT2D eigenvalue weighted by Gasteiger charge is -2.30. The van der Waals surface area contributed by atoms with Crippen LogP contribution in [0.4, 0.5) is 0 Å². The van der Waals surface area contributed by atoms with Crippen molar-refractivity contribution >= 4 is 0 Å². The lowest BCUT2D eigenvalue weighted by molar-refractivity contribution is 0.141. The van der Waals surface area contributed by atoms with Gasteiger partial charge in [-0.25, -0.2) is 0 Å². The van der Waals surface area contributed by atoms with Crippen LogP contribution in [-0.2, 0) is 4.74 Å². The van der Waals surface area contributed by atoms with E-state index in [1.54, 1.807) is 6.08 Å². The Bertz CT molecular complexity index is 240. The average molecular weight is 179 g/mol. The molecule has 1 aliphatic rings. The molecule has 0 aromatic carbocycles. The summed E-state index contributed by atoms with van der Waals surface area (Å²) in [7, 11) is 2.07. The number of hydrogen-bond donors (Lipinski definition) is 0. The minimum absolute atomic E-state index is 0.775. The summed E-state index contributed by atoms with van der Waals surface area (Å²) in [4.78, 5) is 2.19. The molecule has 0 spiro atoms. The van der Waals surface area contributed by atoms with Crippen LogP contribution in [0.2, 0.25) is 0 Å². The van der Waals surface area contributed by atoms with E-state index in [0.717, 1.165) is 31.0 Å². The van der Waals surface area contributed by atoms with Crippen molar-refractivity contribution in [2.24, 2.45) is 0 Å². The monoisotopic (exact) mass is 179 g/mol. The van der Waals surface area contributed by atoms with Crippen LogP contribution in [0.3, 0.4) is 0 Å². The molecule has 0 radical (unpaired) electrons. The summed E-state index contributed by atoms with van der Waals surface area (Å²) in [6, 6.07) is 0. The van der Waals surface area contributed by atoms with Gasteiger partial charge < -0.3 is 9.64 Å². The normalized spacial score (nSPS) is 23.4. The second-order valence-electron chi connectivity index (χ2n) is 3.03. The molecule has 1 saturated heterocycles. The summed E-state index contributed by atoms with van der Waals surface area (Å²) in [5, 5.41) is 0. The van der Waals surface area contributed by atoms with Gasteiger partial charge in [0, 0.05) is 7.05 Å². The van der Waals surface area contributed by atoms with Crippen LogP contribution in [0.5, 0.6) is 0 Å². The first-order valence-electron chi connectivity index (χ1n) is 4.66. The molecule has 0 amide bonds. The topological polar surface area (TPSA) is 12.5 Å². The van der Waals surface area contributed by atoms with Crippen LogP contribution in [0.15, 0.2) is 36.3 Å². The van der Waals surface area contributed by atoms with Gasteiger partial charge >= 0.3 is 0 Å². The van der Waals surface area contributed by atoms with Gasteiger partial charge in [-0.3, -0.25) is 0 Å². The fourth-order valence-electron chi connectivity index (χ4n) is 1.34. The highest BCUT2D eigenvalue weighted by Gasteiger charge is 2.15. The van der Waals surface area contributed by atoms with Gasteiger partial charge in [-0.15, -0.1) is 0 Å². The van der Waals surface area contributed by atoms with Crippen molar-refractivity contribution < 1.29 is 4.74 Å². The first kappa shape index (κ1) is 9.90. The Labute approximate surface area is 80.2 Å². The summed E-state index contributed by atoms with van der Waals surface area (Å²) in [5.41, 5.74) is 1.13. The summed E-state index contributed by atoms with van der Waals surface area (Å²) >= 11 is 0. The van der Waals surface area contributed by atoms with E-state index in [2.05, 4.69) is 31.5 Å². The molecule has 1 fully saturated rings. The standard InChI is InChI=1S/C11H17NO/c1-4-6-10-11(7-5-2)13-9-8-12(10)3/h4,6-7H,1,5,8-9H2,2-3H3/b10-6+,11-7+. The summed E-state index contributed by atoms with van der Waals surface area (Å²) < 4.78 is 5.56. The van der Waals surface area contributed by atoms with E-state index < -0.39 is 0 Å². The zero-order chi connectivity index (χ0) is 9.68. The first-order chi connectivity index (χ1) is 6.29. The lowest BCUT2D eigenvalue weighted by Crippen LogP contribution is -2.29. The number of ether oxygens (including phenoxy) is 1. The van der Waals surface area contributed by atoms with Gasteiger partial charge in [0.25, 0.3) is 0 Å². The molecule has 0 unspecified atom stereocenters. The molecule has 0 N–H and O–H groups in total. The van der Waals surface area contributed by atoms with E-state index in [-0.39, 0.29) is 0 Å². The highest BCUT2D eigenvalue weighted by atomic mass is 16.5. The Morgan fingerprint density at radius 2 is 2.38 bits per heavy atom. The number of likely N-dealkylation sites (N-methyl/N-ethyl adjacent to an activating group) is 1. The molecular weight excluding hydrogens is 162 g/mol. The number of nitrogens with zero attached hydrogens (tertiary/aromatic N) is 1. The Balaban J connectivity index is 2.86. The predicted molar refractivity (Wildman–Crippen MR) is 55.2 cm³/mol. The highest BCUT2D eigenvalue weighted by molar-refractivity contribution is 5.29. The van der Waals surface area contributed by atoms with E-state index in [1.165, 1.54) is 0 Å². The van der Waals surface area contributed by atoms with E-state index in [4.69, 9.17) is 4.74 Å². The third-order valence-electron chi connectivity index (χ3n) is 2.01. The Morgan fingerprint density at radius 1 is 1.62 bits per heavy atom. The van der Waals surface area contributed by atoms with Gasteiger partial charge in [-0.2, -0.15) is 0 Å². The highest BCUT2D eigenvalue weighted by Crippen LogP contribution is 2.20. The Hall–Kier alpha value is -1.18. The van der Waals surface area contributed by atoms with E-state index >= 15 is 0 Å². The molecule has 0 aromatic heterocycles. The van der Waals surface area contributed by atoms with E-state index in [9.17, 15) is 0 Å². The van der Waals surface area contributed by atoms with Crippen LogP contribution in [0.25, 0.3) is 0 Å². The van der Waals surface area contributed by atoms with Crippen molar-refractivity contribution in [3.8, 4) is 0 Å². The summed E-state index contributed by atoms with van der Waals surface area (Å²) in [6.07, 6.45) is 6.88. The van der Waals surface area contributed by atoms with Crippen LogP contribution in [0.1, 0.15) is 13.3 Å². The Kier molecular flexibility index (Phi) is 3.62. The van der Waals surface area contributed by atoms with Gasteiger partial charge in [-0.1, -0.05) is 19.6 Å². The predicted octanol–water partition coefficient (Wildman–Crippen LogP) is 2.31. The molecule has 72 valence electrons. The summed E-state index contributed by atoms with van der Waals surface area (Å²) in [6.45, 7) is 7.53. The number of allylic oxidation sites excluding steroid dienone is 3. The van der Waals surface area contributed by atoms with E-state index in [1.807, 2.05) is 6.08 Å². The fourth-order valence-corrected chi connectivity index (χ4v) is 1.34. The molecule has 1 rings (SSSR count). The quantitative estimate of drug-likeness (QED) is 0.645. The second-order valence-corrected chi connectivity index (χ2v) is 3.03. The molecule has 0 bridgehead atoms. The molecule has 13 heavy (non-hydrogen) atoms. The van der Waals surface area contributed by atoms with E-state index in [0.29, 0.717) is 0 Å². The minimum Gasteiger partial charge on any atom is -0.490 e. The molecule has 0 aromatic rings. The molecule has 1 aliphatic heterocycles. The third-order valence-corrected chi connectivity index (χ3v) is 2.01. The maximum Gasteiger partial charge on any atom is 0.138 e. The molecular formula is C11H17NO. The van der Waals surface area contributed by atoms with Gasteiger partial charge in [0.05, 0.1) is 12.2 Å². The number of rotatable bonds is 2. The van der Waals surface area contributed by atoms with Crippen molar-refractivity contribution in [3.05, 3.63) is 36.3 Å². The zero-order valence-corrected chi connectivity index (χ0v) is 8.42. The SMILES string of the molecule is C=C/C=C1\C(=C/CC)OCCN1C. The van der Waals surface area contributed by atoms with Crippen molar-refractivity contribution in [1.82, 2.24) is 4.90 Å². The zero-order valence-electron chi connectivity index (χ0n) is 8.42. The average Bonchev–Trinajstić information content (AvgIpc) is 2.11. The maximum atomic E-state index is 5.56. The molecule has 2 heteroatoms. The van der Waals surface area contributed by atoms with Crippen molar-refractivity contribution in [2.45, 2.75) is 13.3 Å². The molecule has 0 atom stereocenters. The van der Waals surface area contributed by atoms with Crippen LogP contribution in [-0.4, -0.2) is 25.1 Å². The van der Waals surface area contributed by atoms with Crippen molar-refractivity contribution in [3.63, 3.8) is 0 Å². The van der Waals surface area contributed by atoms with Crippen molar-refractivity contribution in [1.29, 1.82) is 0 Å². The number of morpholine rings is 1. The fraction of sp³-hybridized carbons (Fsp3) is 0.455. The molecule has 1 heterocycles. The maximum absolute atomic E-state index is 5.56. The van der Waals surface area contributed by atoms with Gasteiger partial charge in [0.1, 0.15) is 12.4 Å². The third kappa shape index (κ3) is 2.38. The van der Waals surface area contributed by atoms with Crippen LogP contribution < -0.4 is 0 Å². The van der Waals surface area contributed by atoms with Crippen LogP contribution in [0, 0.1) is 0 Å². The molecule has 0 aliphatic carbocycles. The first-order valence-corrected chi connectivity index (χ1v) is 4.66. The number of hydrogen-bond acceptors (Lipinski definition) is 2. The smallest absolute Gasteiger partial charge is 0.138 e. The van der Waals surface area contributed by atoms with Crippen LogP contribution >= 0.6 is 0 Å². The lowest BCUT2D eigenvalue weighted by atomic mass is 10.2. The van der Waals surface area contributed by atoms with Crippen molar-refractivity contribution in [2.75, 3.05) is 20.2 Å². The summed E-state index contributed by atoms with van der Waals surface area (Å²) in [5.74, 6) is 0.983. The Morgan fingerprint density at radius 3 is 3.00 bits per heavy atom. The largest absolute Gasteiger partial charge is 0.490 e. The minimum atomic E-state index is 0.775. The van der Waals surface area contributed by atoms with Gasteiger partial charge in [-0.05, 0) is 18.6 Å². The molecule has 2 nitrogen and oxygen atoms in total. The second kappa shape index (κ2) is 4.75. The van der Waals surface area contributed by atoms with Gasteiger partial charge in [0.15, 0.2) is 0 Å². The van der Waals surface area contributed by atoms with Gasteiger partial charge in [0.2, 0.25) is 0 Å². The molecule has 0 saturated carbocycles.